The second kappa shape index (κ2) is 5.32. The number of rotatable bonds is 4. The average molecular weight is 265 g/mol. The van der Waals surface area contributed by atoms with Crippen molar-refractivity contribution in [2.45, 2.75) is 12.6 Å². The number of carboxylic acids is 1. The third-order valence-corrected chi connectivity index (χ3v) is 3.86. The van der Waals surface area contributed by atoms with Crippen LogP contribution in [0.2, 0.25) is 0 Å². The first-order valence-electron chi connectivity index (χ1n) is 6.71. The van der Waals surface area contributed by atoms with Gasteiger partial charge in [0.1, 0.15) is 5.76 Å². The van der Waals surface area contributed by atoms with Crippen LogP contribution in [0.1, 0.15) is 16.3 Å². The second-order valence-electron chi connectivity index (χ2n) is 5.20. The van der Waals surface area contributed by atoms with Crippen molar-refractivity contribution in [3.05, 3.63) is 23.7 Å². The molecular formula is C13H19N3O3. The van der Waals surface area contributed by atoms with Gasteiger partial charge in [-0.05, 0) is 12.1 Å². The van der Waals surface area contributed by atoms with Crippen molar-refractivity contribution in [2.75, 3.05) is 39.3 Å². The van der Waals surface area contributed by atoms with Crippen molar-refractivity contribution < 1.29 is 14.3 Å². The highest BCUT2D eigenvalue weighted by atomic mass is 16.4. The van der Waals surface area contributed by atoms with Crippen LogP contribution in [0.4, 0.5) is 0 Å². The number of hydrogen-bond acceptors (Lipinski definition) is 5. The molecule has 6 heteroatoms. The molecule has 3 heterocycles. The molecule has 2 fully saturated rings. The number of nitrogens with one attached hydrogen (secondary N) is 1. The average Bonchev–Trinajstić information content (AvgIpc) is 2.83. The van der Waals surface area contributed by atoms with Gasteiger partial charge in [-0.3, -0.25) is 9.80 Å². The van der Waals surface area contributed by atoms with Crippen LogP contribution in [-0.2, 0) is 6.54 Å². The van der Waals surface area contributed by atoms with Crippen molar-refractivity contribution in [1.82, 2.24) is 15.1 Å². The SMILES string of the molecule is O=C(O)c1ccc(CN2CC(N3CCNCC3)C2)o1. The van der Waals surface area contributed by atoms with Gasteiger partial charge in [-0.2, -0.15) is 0 Å². The van der Waals surface area contributed by atoms with E-state index < -0.39 is 5.97 Å². The Labute approximate surface area is 112 Å². The number of carbonyl (C=O) groups is 1. The molecule has 2 N–H and O–H groups in total. The van der Waals surface area contributed by atoms with Crippen LogP contribution in [0.3, 0.4) is 0 Å². The number of hydrogen-bond donors (Lipinski definition) is 2. The number of piperazine rings is 1. The summed E-state index contributed by atoms with van der Waals surface area (Å²) in [5.41, 5.74) is 0. The van der Waals surface area contributed by atoms with Crippen molar-refractivity contribution in [3.8, 4) is 0 Å². The Balaban J connectivity index is 1.46. The number of furan rings is 1. The summed E-state index contributed by atoms with van der Waals surface area (Å²) >= 11 is 0. The van der Waals surface area contributed by atoms with Crippen LogP contribution < -0.4 is 5.32 Å². The third kappa shape index (κ3) is 2.80. The predicted octanol–water partition coefficient (Wildman–Crippen LogP) is 0.0672. The molecule has 1 aromatic rings. The summed E-state index contributed by atoms with van der Waals surface area (Å²) in [4.78, 5) is 15.5. The van der Waals surface area contributed by atoms with E-state index in [0.717, 1.165) is 45.0 Å². The summed E-state index contributed by atoms with van der Waals surface area (Å²) in [5.74, 6) is -0.251. The Kier molecular flexibility index (Phi) is 3.54. The summed E-state index contributed by atoms with van der Waals surface area (Å²) in [6, 6.07) is 3.92. The van der Waals surface area contributed by atoms with Gasteiger partial charge in [-0.15, -0.1) is 0 Å². The lowest BCUT2D eigenvalue weighted by Gasteiger charge is -2.46. The molecule has 0 aliphatic carbocycles. The zero-order valence-electron chi connectivity index (χ0n) is 10.8. The minimum absolute atomic E-state index is 0.0224. The van der Waals surface area contributed by atoms with E-state index in [-0.39, 0.29) is 5.76 Å². The summed E-state index contributed by atoms with van der Waals surface area (Å²) in [5, 5.41) is 12.2. The Morgan fingerprint density at radius 3 is 2.74 bits per heavy atom. The van der Waals surface area contributed by atoms with Gasteiger partial charge in [0.2, 0.25) is 5.76 Å². The van der Waals surface area contributed by atoms with E-state index in [1.54, 1.807) is 6.07 Å². The van der Waals surface area contributed by atoms with Crippen molar-refractivity contribution in [3.63, 3.8) is 0 Å². The van der Waals surface area contributed by atoms with E-state index in [1.165, 1.54) is 6.07 Å². The first kappa shape index (κ1) is 12.7. The largest absolute Gasteiger partial charge is 0.475 e. The van der Waals surface area contributed by atoms with Gasteiger partial charge >= 0.3 is 5.97 Å². The molecule has 0 saturated carbocycles. The van der Waals surface area contributed by atoms with Gasteiger partial charge in [-0.25, -0.2) is 4.79 Å². The molecule has 1 aromatic heterocycles. The fourth-order valence-corrected chi connectivity index (χ4v) is 2.75. The Hall–Kier alpha value is -1.37. The molecular weight excluding hydrogens is 246 g/mol. The number of carboxylic acid groups (broad SMARTS) is 1. The number of likely N-dealkylation sites (tertiary alicyclic amines) is 1. The van der Waals surface area contributed by atoms with E-state index in [1.807, 2.05) is 0 Å². The molecule has 0 amide bonds. The van der Waals surface area contributed by atoms with Crippen molar-refractivity contribution in [1.29, 1.82) is 0 Å². The summed E-state index contributed by atoms with van der Waals surface area (Å²) < 4.78 is 5.27. The van der Waals surface area contributed by atoms with Gasteiger partial charge in [0.25, 0.3) is 0 Å². The summed E-state index contributed by atoms with van der Waals surface area (Å²) in [6.45, 7) is 7.21. The third-order valence-electron chi connectivity index (χ3n) is 3.86. The van der Waals surface area contributed by atoms with Crippen LogP contribution in [0.5, 0.6) is 0 Å². The van der Waals surface area contributed by atoms with Crippen LogP contribution in [0.25, 0.3) is 0 Å². The van der Waals surface area contributed by atoms with E-state index in [9.17, 15) is 4.79 Å². The Morgan fingerprint density at radius 1 is 1.37 bits per heavy atom. The molecule has 0 radical (unpaired) electrons. The molecule has 0 spiro atoms. The molecule has 19 heavy (non-hydrogen) atoms. The maximum Gasteiger partial charge on any atom is 0.371 e. The molecule has 2 aliphatic rings. The highest BCUT2D eigenvalue weighted by Gasteiger charge is 2.32. The minimum Gasteiger partial charge on any atom is -0.475 e. The lowest BCUT2D eigenvalue weighted by molar-refractivity contribution is 0.0182. The van der Waals surface area contributed by atoms with E-state index in [0.29, 0.717) is 12.6 Å². The molecule has 0 aromatic carbocycles. The Morgan fingerprint density at radius 2 is 2.11 bits per heavy atom. The minimum atomic E-state index is -1.01. The molecule has 2 saturated heterocycles. The molecule has 0 bridgehead atoms. The van der Waals surface area contributed by atoms with E-state index >= 15 is 0 Å². The van der Waals surface area contributed by atoms with Gasteiger partial charge in [-0.1, -0.05) is 0 Å². The highest BCUT2D eigenvalue weighted by molar-refractivity contribution is 5.84. The van der Waals surface area contributed by atoms with E-state index in [2.05, 4.69) is 15.1 Å². The van der Waals surface area contributed by atoms with Crippen LogP contribution in [0.15, 0.2) is 16.5 Å². The molecule has 3 rings (SSSR count). The number of nitrogens with zero attached hydrogens (tertiary/aromatic N) is 2. The Bertz CT molecular complexity index is 448. The molecule has 0 unspecified atom stereocenters. The van der Waals surface area contributed by atoms with Crippen LogP contribution in [0, 0.1) is 0 Å². The summed E-state index contributed by atoms with van der Waals surface area (Å²) in [7, 11) is 0. The van der Waals surface area contributed by atoms with Crippen LogP contribution in [-0.4, -0.2) is 66.2 Å². The van der Waals surface area contributed by atoms with Gasteiger partial charge in [0.15, 0.2) is 0 Å². The lowest BCUT2D eigenvalue weighted by atomic mass is 10.1. The predicted molar refractivity (Wildman–Crippen MR) is 69.2 cm³/mol. The highest BCUT2D eigenvalue weighted by Crippen LogP contribution is 2.19. The normalized spacial score (nSPS) is 22.3. The molecule has 6 nitrogen and oxygen atoms in total. The first-order valence-corrected chi connectivity index (χ1v) is 6.71. The fraction of sp³-hybridized carbons (Fsp3) is 0.615. The van der Waals surface area contributed by atoms with E-state index in [4.69, 9.17) is 9.52 Å². The zero-order chi connectivity index (χ0) is 13.2. The maximum absolute atomic E-state index is 10.7. The smallest absolute Gasteiger partial charge is 0.371 e. The second-order valence-corrected chi connectivity index (χ2v) is 5.20. The standard InChI is InChI=1S/C13H19N3O3/c17-13(18)12-2-1-11(19-12)9-15-7-10(8-15)16-5-3-14-4-6-16/h1-2,10,14H,3-9H2,(H,17,18). The van der Waals surface area contributed by atoms with Crippen molar-refractivity contribution >= 4 is 5.97 Å². The maximum atomic E-state index is 10.7. The quantitative estimate of drug-likeness (QED) is 0.803. The molecule has 0 atom stereocenters. The fourth-order valence-electron chi connectivity index (χ4n) is 2.75. The topological polar surface area (TPSA) is 69.0 Å². The van der Waals surface area contributed by atoms with Gasteiger partial charge in [0.05, 0.1) is 6.54 Å². The zero-order valence-corrected chi connectivity index (χ0v) is 10.8. The molecule has 2 aliphatic heterocycles. The van der Waals surface area contributed by atoms with Gasteiger partial charge in [0, 0.05) is 45.3 Å². The van der Waals surface area contributed by atoms with Crippen molar-refractivity contribution in [2.24, 2.45) is 0 Å². The summed E-state index contributed by atoms with van der Waals surface area (Å²) in [6.07, 6.45) is 0. The monoisotopic (exact) mass is 265 g/mol. The molecule has 104 valence electrons. The van der Waals surface area contributed by atoms with Gasteiger partial charge < -0.3 is 14.8 Å². The first-order chi connectivity index (χ1) is 9.22. The van der Waals surface area contributed by atoms with Crippen LogP contribution >= 0.6 is 0 Å². The lowest BCUT2D eigenvalue weighted by Crippen LogP contribution is -2.62. The number of aromatic carboxylic acids is 1.